The Morgan fingerprint density at radius 3 is 2.76 bits per heavy atom. The van der Waals surface area contributed by atoms with Crippen LogP contribution in [-0.4, -0.2) is 23.0 Å². The number of fused-ring (bicyclic) bond motifs is 1. The van der Waals surface area contributed by atoms with Gasteiger partial charge >= 0.3 is 5.97 Å². The molecule has 2 atom stereocenters. The van der Waals surface area contributed by atoms with Crippen molar-refractivity contribution < 1.29 is 19.4 Å². The van der Waals surface area contributed by atoms with Crippen molar-refractivity contribution >= 4 is 17.8 Å². The first kappa shape index (κ1) is 13.4. The number of aliphatic hydroxyl groups is 1. The van der Waals surface area contributed by atoms with Gasteiger partial charge in [-0.25, -0.2) is 0 Å². The van der Waals surface area contributed by atoms with Crippen LogP contribution >= 0.6 is 0 Å². The lowest BCUT2D eigenvalue weighted by Crippen LogP contribution is -2.25. The summed E-state index contributed by atoms with van der Waals surface area (Å²) in [4.78, 5) is 23.4. The van der Waals surface area contributed by atoms with Gasteiger partial charge in [-0.15, -0.1) is 0 Å². The molecule has 4 nitrogen and oxygen atoms in total. The lowest BCUT2D eigenvalue weighted by atomic mass is 9.84. The van der Waals surface area contributed by atoms with Crippen LogP contribution in [-0.2, 0) is 14.3 Å². The molecule has 0 bridgehead atoms. The van der Waals surface area contributed by atoms with Gasteiger partial charge in [0.1, 0.15) is 11.9 Å². The summed E-state index contributed by atoms with van der Waals surface area (Å²) in [7, 11) is 0. The molecule has 0 saturated carbocycles. The summed E-state index contributed by atoms with van der Waals surface area (Å²) in [6.07, 6.45) is 5.82. The minimum absolute atomic E-state index is 0.110. The summed E-state index contributed by atoms with van der Waals surface area (Å²) in [6.45, 7) is 0. The Morgan fingerprint density at radius 2 is 2.00 bits per heavy atom. The fraction of sp³-hybridized carbons (Fsp3) is 0.176. The van der Waals surface area contributed by atoms with Gasteiger partial charge < -0.3 is 9.84 Å². The first-order chi connectivity index (χ1) is 10.1. The molecule has 106 valence electrons. The highest BCUT2D eigenvalue weighted by Gasteiger charge is 2.41. The first-order valence-electron chi connectivity index (χ1n) is 6.73. The summed E-state index contributed by atoms with van der Waals surface area (Å²) >= 11 is 0. The number of aliphatic hydroxyl groups excluding tert-OH is 1. The van der Waals surface area contributed by atoms with E-state index in [1.807, 2.05) is 30.3 Å². The number of ketones is 1. The topological polar surface area (TPSA) is 63.6 Å². The third-order valence-corrected chi connectivity index (χ3v) is 3.63. The number of esters is 1. The van der Waals surface area contributed by atoms with Crippen LogP contribution in [0.2, 0.25) is 0 Å². The van der Waals surface area contributed by atoms with E-state index in [1.54, 1.807) is 12.2 Å². The molecule has 1 aliphatic heterocycles. The summed E-state index contributed by atoms with van der Waals surface area (Å²) in [5.41, 5.74) is 1.17. The second-order valence-electron chi connectivity index (χ2n) is 5.03. The van der Waals surface area contributed by atoms with Gasteiger partial charge in [-0.2, -0.15) is 0 Å². The van der Waals surface area contributed by atoms with E-state index < -0.39 is 12.0 Å². The Morgan fingerprint density at radius 1 is 1.24 bits per heavy atom. The molecule has 2 aliphatic rings. The van der Waals surface area contributed by atoms with Gasteiger partial charge in [0.05, 0.1) is 6.42 Å². The van der Waals surface area contributed by atoms with Gasteiger partial charge in [0.2, 0.25) is 0 Å². The number of carbonyl (C=O) groups is 2. The molecule has 1 aromatic rings. The summed E-state index contributed by atoms with van der Waals surface area (Å²) in [5.74, 6) is -1.12. The first-order valence-corrected chi connectivity index (χ1v) is 6.73. The van der Waals surface area contributed by atoms with E-state index in [0.29, 0.717) is 0 Å². The van der Waals surface area contributed by atoms with Crippen LogP contribution in [0.3, 0.4) is 0 Å². The molecular weight excluding hydrogens is 268 g/mol. The summed E-state index contributed by atoms with van der Waals surface area (Å²) < 4.78 is 5.11. The minimum atomic E-state index is -0.447. The molecule has 0 unspecified atom stereocenters. The molecular formula is C17H14O4. The molecule has 0 aromatic heterocycles. The molecule has 3 rings (SSSR count). The highest BCUT2D eigenvalue weighted by molar-refractivity contribution is 6.07. The van der Waals surface area contributed by atoms with Crippen LogP contribution in [0.25, 0.3) is 6.08 Å². The lowest BCUT2D eigenvalue weighted by molar-refractivity contribution is -0.140. The van der Waals surface area contributed by atoms with Crippen molar-refractivity contribution in [1.29, 1.82) is 0 Å². The molecule has 4 heteroatoms. The van der Waals surface area contributed by atoms with Crippen LogP contribution in [0.15, 0.2) is 59.9 Å². The quantitative estimate of drug-likeness (QED) is 0.514. The molecule has 0 spiro atoms. The average Bonchev–Trinajstić information content (AvgIpc) is 2.86. The Hall–Kier alpha value is -2.62. The molecule has 1 fully saturated rings. The zero-order valence-electron chi connectivity index (χ0n) is 11.2. The molecule has 0 amide bonds. The number of benzene rings is 1. The Balaban J connectivity index is 1.92. The van der Waals surface area contributed by atoms with E-state index in [0.717, 1.165) is 5.56 Å². The Labute approximate surface area is 122 Å². The number of allylic oxidation sites excluding steroid dienone is 2. The lowest BCUT2D eigenvalue weighted by Gasteiger charge is -2.20. The summed E-state index contributed by atoms with van der Waals surface area (Å²) in [5, 5.41) is 10.2. The van der Waals surface area contributed by atoms with Crippen LogP contribution in [0.1, 0.15) is 12.0 Å². The molecule has 1 aliphatic carbocycles. The van der Waals surface area contributed by atoms with Gasteiger partial charge in [0.25, 0.3) is 0 Å². The van der Waals surface area contributed by atoms with Crippen molar-refractivity contribution in [2.24, 2.45) is 5.92 Å². The highest BCUT2D eigenvalue weighted by atomic mass is 16.5. The molecule has 1 N–H and O–H groups in total. The standard InChI is InChI=1S/C17H14O4/c18-13(7-6-11-4-2-1-3-5-11)17-12-10-16(20)21-15(12)9-8-14(17)19/h1-9,12,15,18H,10H2/b7-6+,17-13-/t12-,15+/m0/s1. The highest BCUT2D eigenvalue weighted by Crippen LogP contribution is 2.35. The van der Waals surface area contributed by atoms with E-state index in [2.05, 4.69) is 0 Å². The Kier molecular flexibility index (Phi) is 3.44. The summed E-state index contributed by atoms with van der Waals surface area (Å²) in [6, 6.07) is 9.46. The zero-order valence-corrected chi connectivity index (χ0v) is 11.2. The number of carbonyl (C=O) groups excluding carboxylic acids is 2. The van der Waals surface area contributed by atoms with Crippen LogP contribution in [0.5, 0.6) is 0 Å². The maximum Gasteiger partial charge on any atom is 0.307 e. The van der Waals surface area contributed by atoms with Crippen molar-refractivity contribution in [2.45, 2.75) is 12.5 Å². The predicted octanol–water partition coefficient (Wildman–Crippen LogP) is 2.58. The maximum absolute atomic E-state index is 12.0. The monoisotopic (exact) mass is 282 g/mol. The molecule has 0 radical (unpaired) electrons. The van der Waals surface area contributed by atoms with E-state index in [9.17, 15) is 14.7 Å². The number of ether oxygens (including phenoxy) is 1. The molecule has 1 saturated heterocycles. The predicted molar refractivity (Wildman–Crippen MR) is 77.3 cm³/mol. The van der Waals surface area contributed by atoms with Crippen molar-refractivity contribution in [3.05, 3.63) is 65.5 Å². The van der Waals surface area contributed by atoms with Gasteiger partial charge in [-0.3, -0.25) is 9.59 Å². The Bertz CT molecular complexity index is 667. The van der Waals surface area contributed by atoms with Crippen molar-refractivity contribution in [3.63, 3.8) is 0 Å². The van der Waals surface area contributed by atoms with Gasteiger partial charge in [0.15, 0.2) is 5.78 Å². The second kappa shape index (κ2) is 5.40. The molecule has 1 heterocycles. The van der Waals surface area contributed by atoms with Gasteiger partial charge in [-0.1, -0.05) is 36.4 Å². The third kappa shape index (κ3) is 2.65. The van der Waals surface area contributed by atoms with Crippen molar-refractivity contribution in [1.82, 2.24) is 0 Å². The normalized spacial score (nSPS) is 26.9. The van der Waals surface area contributed by atoms with Gasteiger partial charge in [0, 0.05) is 11.5 Å². The average molecular weight is 282 g/mol. The number of hydrogen-bond donors (Lipinski definition) is 1. The van der Waals surface area contributed by atoms with E-state index in [1.165, 1.54) is 12.2 Å². The van der Waals surface area contributed by atoms with E-state index in [4.69, 9.17) is 4.74 Å². The van der Waals surface area contributed by atoms with E-state index >= 15 is 0 Å². The zero-order chi connectivity index (χ0) is 14.8. The van der Waals surface area contributed by atoms with Crippen LogP contribution in [0, 0.1) is 5.92 Å². The van der Waals surface area contributed by atoms with Crippen LogP contribution in [0.4, 0.5) is 0 Å². The minimum Gasteiger partial charge on any atom is -0.508 e. The smallest absolute Gasteiger partial charge is 0.307 e. The van der Waals surface area contributed by atoms with E-state index in [-0.39, 0.29) is 29.5 Å². The molecule has 21 heavy (non-hydrogen) atoms. The largest absolute Gasteiger partial charge is 0.508 e. The maximum atomic E-state index is 12.0. The number of hydrogen-bond acceptors (Lipinski definition) is 4. The third-order valence-electron chi connectivity index (χ3n) is 3.63. The fourth-order valence-electron chi connectivity index (χ4n) is 2.62. The van der Waals surface area contributed by atoms with Crippen LogP contribution < -0.4 is 0 Å². The fourth-order valence-corrected chi connectivity index (χ4v) is 2.62. The number of rotatable bonds is 2. The van der Waals surface area contributed by atoms with Crippen molar-refractivity contribution in [2.75, 3.05) is 0 Å². The SMILES string of the molecule is O=C1C[C@@H]2/C(=C(O)\C=C\c3ccccc3)C(=O)C=C[C@H]2O1. The van der Waals surface area contributed by atoms with Gasteiger partial charge in [-0.05, 0) is 23.8 Å². The second-order valence-corrected chi connectivity index (χ2v) is 5.03. The van der Waals surface area contributed by atoms with Crippen molar-refractivity contribution in [3.8, 4) is 0 Å². The molecule has 1 aromatic carbocycles.